The summed E-state index contributed by atoms with van der Waals surface area (Å²) in [6.45, 7) is 1.24. The molecule has 0 radical (unpaired) electrons. The number of rotatable bonds is 3. The first-order valence-electron chi connectivity index (χ1n) is 9.46. The first-order valence-corrected chi connectivity index (χ1v) is 10.4. The first kappa shape index (κ1) is 18.9. The molecule has 6 heteroatoms. The van der Waals surface area contributed by atoms with Crippen molar-refractivity contribution in [3.63, 3.8) is 0 Å². The monoisotopic (exact) mass is 398 g/mol. The van der Waals surface area contributed by atoms with Crippen molar-refractivity contribution in [2.24, 2.45) is 0 Å². The number of thioether (sulfide) groups is 1. The van der Waals surface area contributed by atoms with Gasteiger partial charge in [0.15, 0.2) is 0 Å². The zero-order chi connectivity index (χ0) is 19.5. The summed E-state index contributed by atoms with van der Waals surface area (Å²) in [5.74, 6) is 1.44. The number of benzene rings is 2. The van der Waals surface area contributed by atoms with Crippen molar-refractivity contribution in [3.8, 4) is 5.75 Å². The number of nitrogens with zero attached hydrogens (tertiary/aromatic N) is 1. The number of hydrogen-bond acceptors (Lipinski definition) is 3. The second kappa shape index (κ2) is 8.27. The Morgan fingerprint density at radius 3 is 2.79 bits per heavy atom. The highest BCUT2D eigenvalue weighted by molar-refractivity contribution is 7.99. The molecule has 2 aromatic carbocycles. The normalized spacial score (nSPS) is 18.9. The van der Waals surface area contributed by atoms with Crippen LogP contribution in [0.25, 0.3) is 5.57 Å². The summed E-state index contributed by atoms with van der Waals surface area (Å²) < 4.78 is 19.2. The fourth-order valence-corrected chi connectivity index (χ4v) is 4.84. The van der Waals surface area contributed by atoms with Crippen molar-refractivity contribution in [2.75, 3.05) is 26.0 Å². The quantitative estimate of drug-likeness (QED) is 0.802. The van der Waals surface area contributed by atoms with Crippen LogP contribution in [0.4, 0.5) is 9.18 Å². The van der Waals surface area contributed by atoms with Crippen molar-refractivity contribution < 1.29 is 13.9 Å². The standard InChI is InChI=1S/C22H23FN2O2S/c1-27-17-7-5-15(6-8-17)16-9-12-25(13-10-16)22(26)24-20-11-14-28-21-18(20)3-2-4-19(21)23/h2-9,20H,10-14H2,1H3,(H,24,26)/t20-/m0/s1. The van der Waals surface area contributed by atoms with Gasteiger partial charge in [0.2, 0.25) is 0 Å². The van der Waals surface area contributed by atoms with Crippen molar-refractivity contribution >= 4 is 23.4 Å². The van der Waals surface area contributed by atoms with E-state index in [0.29, 0.717) is 18.0 Å². The molecular formula is C22H23FN2O2S. The number of nitrogens with one attached hydrogen (secondary N) is 1. The number of carbonyl (C=O) groups excluding carboxylic acids is 1. The highest BCUT2D eigenvalue weighted by Gasteiger charge is 2.26. The van der Waals surface area contributed by atoms with E-state index in [1.807, 2.05) is 35.2 Å². The van der Waals surface area contributed by atoms with Crippen LogP contribution in [-0.2, 0) is 0 Å². The highest BCUT2D eigenvalue weighted by Crippen LogP contribution is 2.37. The van der Waals surface area contributed by atoms with Crippen molar-refractivity contribution in [1.82, 2.24) is 10.2 Å². The third-order valence-electron chi connectivity index (χ3n) is 5.28. The van der Waals surface area contributed by atoms with Gasteiger partial charge in [-0.1, -0.05) is 30.3 Å². The van der Waals surface area contributed by atoms with Crippen LogP contribution in [0, 0.1) is 5.82 Å². The fourth-order valence-electron chi connectivity index (χ4n) is 3.70. The van der Waals surface area contributed by atoms with E-state index in [1.54, 1.807) is 13.2 Å². The molecule has 0 spiro atoms. The summed E-state index contributed by atoms with van der Waals surface area (Å²) in [6, 6.07) is 12.9. The molecular weight excluding hydrogens is 375 g/mol. The van der Waals surface area contributed by atoms with Gasteiger partial charge in [0.05, 0.1) is 13.2 Å². The predicted octanol–water partition coefficient (Wildman–Crippen LogP) is 4.87. The number of halogens is 1. The molecule has 0 saturated carbocycles. The van der Waals surface area contributed by atoms with Gasteiger partial charge in [-0.2, -0.15) is 0 Å². The zero-order valence-electron chi connectivity index (χ0n) is 15.8. The van der Waals surface area contributed by atoms with Gasteiger partial charge in [0, 0.05) is 23.7 Å². The lowest BCUT2D eigenvalue weighted by atomic mass is 9.99. The Labute approximate surface area is 168 Å². The van der Waals surface area contributed by atoms with Crippen LogP contribution in [0.2, 0.25) is 0 Å². The summed E-state index contributed by atoms with van der Waals surface area (Å²) in [5, 5.41) is 3.10. The second-order valence-corrected chi connectivity index (χ2v) is 8.06. The average Bonchev–Trinajstić information content (AvgIpc) is 2.75. The minimum Gasteiger partial charge on any atom is -0.497 e. The maximum atomic E-state index is 14.0. The summed E-state index contributed by atoms with van der Waals surface area (Å²) >= 11 is 1.52. The Morgan fingerprint density at radius 1 is 1.25 bits per heavy atom. The summed E-state index contributed by atoms with van der Waals surface area (Å²) in [6.07, 6.45) is 3.73. The second-order valence-electron chi connectivity index (χ2n) is 6.95. The molecule has 146 valence electrons. The number of carbonyl (C=O) groups is 1. The molecule has 0 bridgehead atoms. The number of hydrogen-bond donors (Lipinski definition) is 1. The molecule has 1 N–H and O–H groups in total. The van der Waals surface area contributed by atoms with E-state index in [4.69, 9.17) is 4.74 Å². The average molecular weight is 399 g/mol. The molecule has 28 heavy (non-hydrogen) atoms. The van der Waals surface area contributed by atoms with Crippen LogP contribution in [0.15, 0.2) is 53.4 Å². The van der Waals surface area contributed by atoms with Gasteiger partial charge in [0.1, 0.15) is 11.6 Å². The van der Waals surface area contributed by atoms with Gasteiger partial charge in [-0.25, -0.2) is 9.18 Å². The largest absolute Gasteiger partial charge is 0.497 e. The Bertz CT molecular complexity index is 898. The molecule has 2 aliphatic heterocycles. The third-order valence-corrected chi connectivity index (χ3v) is 6.44. The third kappa shape index (κ3) is 3.87. The summed E-state index contributed by atoms with van der Waals surface area (Å²) in [5.41, 5.74) is 3.29. The van der Waals surface area contributed by atoms with Gasteiger partial charge in [-0.3, -0.25) is 0 Å². The number of amides is 2. The van der Waals surface area contributed by atoms with E-state index in [-0.39, 0.29) is 17.9 Å². The minimum atomic E-state index is -0.202. The highest BCUT2D eigenvalue weighted by atomic mass is 32.2. The fraction of sp³-hybridized carbons (Fsp3) is 0.318. The lowest BCUT2D eigenvalue weighted by molar-refractivity contribution is 0.198. The van der Waals surface area contributed by atoms with Gasteiger partial charge in [-0.15, -0.1) is 11.8 Å². The van der Waals surface area contributed by atoms with Crippen molar-refractivity contribution in [3.05, 3.63) is 65.5 Å². The molecule has 0 unspecified atom stereocenters. The van der Waals surface area contributed by atoms with Crippen LogP contribution in [-0.4, -0.2) is 36.9 Å². The Morgan fingerprint density at radius 2 is 2.07 bits per heavy atom. The maximum absolute atomic E-state index is 14.0. The molecule has 2 amide bonds. The van der Waals surface area contributed by atoms with E-state index in [2.05, 4.69) is 11.4 Å². The Kier molecular flexibility index (Phi) is 5.57. The predicted molar refractivity (Wildman–Crippen MR) is 110 cm³/mol. The summed E-state index contributed by atoms with van der Waals surface area (Å²) in [4.78, 5) is 15.2. The molecule has 2 heterocycles. The number of fused-ring (bicyclic) bond motifs is 1. The molecule has 2 aliphatic rings. The van der Waals surface area contributed by atoms with Crippen LogP contribution >= 0.6 is 11.8 Å². The first-order chi connectivity index (χ1) is 13.7. The molecule has 1 atom stereocenters. The van der Waals surface area contributed by atoms with Gasteiger partial charge >= 0.3 is 6.03 Å². The molecule has 4 nitrogen and oxygen atoms in total. The van der Waals surface area contributed by atoms with Crippen LogP contribution in [0.1, 0.15) is 30.0 Å². The van der Waals surface area contributed by atoms with E-state index < -0.39 is 0 Å². The number of ether oxygens (including phenoxy) is 1. The van der Waals surface area contributed by atoms with E-state index in [1.165, 1.54) is 23.4 Å². The van der Waals surface area contributed by atoms with Crippen LogP contribution < -0.4 is 10.1 Å². The van der Waals surface area contributed by atoms with Gasteiger partial charge < -0.3 is 15.0 Å². The number of methoxy groups -OCH3 is 1. The molecule has 0 aliphatic carbocycles. The topological polar surface area (TPSA) is 41.6 Å². The van der Waals surface area contributed by atoms with Crippen molar-refractivity contribution in [2.45, 2.75) is 23.8 Å². The van der Waals surface area contributed by atoms with E-state index >= 15 is 0 Å². The molecule has 4 rings (SSSR count). The SMILES string of the molecule is COc1ccc(C2=CCN(C(=O)N[C@H]3CCSc4c(F)cccc43)CC2)cc1. The lowest BCUT2D eigenvalue weighted by Gasteiger charge is -2.31. The zero-order valence-corrected chi connectivity index (χ0v) is 16.6. The lowest BCUT2D eigenvalue weighted by Crippen LogP contribution is -2.44. The minimum absolute atomic E-state index is 0.0860. The van der Waals surface area contributed by atoms with E-state index in [0.717, 1.165) is 35.5 Å². The molecule has 2 aromatic rings. The summed E-state index contributed by atoms with van der Waals surface area (Å²) in [7, 11) is 1.66. The molecule has 0 aromatic heterocycles. The molecule has 0 saturated heterocycles. The van der Waals surface area contributed by atoms with Gasteiger partial charge in [-0.05, 0) is 47.7 Å². The van der Waals surface area contributed by atoms with E-state index in [9.17, 15) is 9.18 Å². The Balaban J connectivity index is 1.41. The van der Waals surface area contributed by atoms with Crippen LogP contribution in [0.3, 0.4) is 0 Å². The smallest absolute Gasteiger partial charge is 0.318 e. The number of urea groups is 1. The maximum Gasteiger partial charge on any atom is 0.318 e. The van der Waals surface area contributed by atoms with Crippen LogP contribution in [0.5, 0.6) is 5.75 Å². The van der Waals surface area contributed by atoms with Crippen molar-refractivity contribution in [1.29, 1.82) is 0 Å². The Hall–Kier alpha value is -2.47. The van der Waals surface area contributed by atoms with Gasteiger partial charge in [0.25, 0.3) is 0 Å². The molecule has 0 fully saturated rings.